The second-order valence-electron chi connectivity index (χ2n) is 4.93. The Morgan fingerprint density at radius 1 is 1.05 bits per heavy atom. The van der Waals surface area contributed by atoms with Gasteiger partial charge in [-0.3, -0.25) is 0 Å². The van der Waals surface area contributed by atoms with Gasteiger partial charge in [0, 0.05) is 11.6 Å². The molecular weight excluding hydrogens is 318 g/mol. The lowest BCUT2D eigenvalue weighted by Crippen LogP contribution is -2.23. The fourth-order valence-electron chi connectivity index (χ4n) is 1.92. The van der Waals surface area contributed by atoms with Crippen molar-refractivity contribution in [3.8, 4) is 0 Å². The monoisotopic (exact) mass is 335 g/mol. The molecule has 116 valence electrons. The summed E-state index contributed by atoms with van der Waals surface area (Å²) in [6, 6.07) is 14.4. The standard InChI is InChI=1S/C17H18ClNO2S/c1-14-9-11-16(12-10-14)22(20,21)19-13-5-4-7-15-6-2-3-8-17(15)18/h2-6,8-12,19H,7,13H2,1H3/b5-4-. The van der Waals surface area contributed by atoms with Crippen LogP contribution in [-0.4, -0.2) is 15.0 Å². The molecule has 0 aliphatic rings. The van der Waals surface area contributed by atoms with Gasteiger partial charge in [-0.15, -0.1) is 0 Å². The number of benzene rings is 2. The molecule has 0 spiro atoms. The van der Waals surface area contributed by atoms with Gasteiger partial charge in [-0.05, 0) is 37.1 Å². The van der Waals surface area contributed by atoms with Gasteiger partial charge in [-0.25, -0.2) is 13.1 Å². The molecule has 2 aromatic carbocycles. The largest absolute Gasteiger partial charge is 0.240 e. The predicted octanol–water partition coefficient (Wildman–Crippen LogP) is 3.73. The van der Waals surface area contributed by atoms with Crippen LogP contribution in [0.2, 0.25) is 5.02 Å². The maximum absolute atomic E-state index is 12.1. The number of nitrogens with one attached hydrogen (secondary N) is 1. The van der Waals surface area contributed by atoms with Gasteiger partial charge in [0.15, 0.2) is 0 Å². The molecule has 2 rings (SSSR count). The van der Waals surface area contributed by atoms with Crippen LogP contribution in [0, 0.1) is 6.92 Å². The topological polar surface area (TPSA) is 46.2 Å². The van der Waals surface area contributed by atoms with Crippen molar-refractivity contribution < 1.29 is 8.42 Å². The molecule has 0 amide bonds. The summed E-state index contributed by atoms with van der Waals surface area (Å²) < 4.78 is 26.7. The molecular formula is C17H18ClNO2S. The third-order valence-corrected chi connectivity index (χ3v) is 4.99. The number of allylic oxidation sites excluding steroid dienone is 1. The van der Waals surface area contributed by atoms with Crippen LogP contribution in [0.25, 0.3) is 0 Å². The first kappa shape index (κ1) is 16.7. The average Bonchev–Trinajstić information content (AvgIpc) is 2.49. The van der Waals surface area contributed by atoms with Crippen LogP contribution in [0.4, 0.5) is 0 Å². The number of rotatable bonds is 6. The van der Waals surface area contributed by atoms with E-state index in [1.165, 1.54) is 0 Å². The molecule has 0 aliphatic carbocycles. The number of aryl methyl sites for hydroxylation is 1. The van der Waals surface area contributed by atoms with Crippen LogP contribution < -0.4 is 4.72 Å². The zero-order valence-corrected chi connectivity index (χ0v) is 13.9. The van der Waals surface area contributed by atoms with Crippen molar-refractivity contribution in [1.82, 2.24) is 4.72 Å². The van der Waals surface area contributed by atoms with E-state index in [4.69, 9.17) is 11.6 Å². The van der Waals surface area contributed by atoms with Crippen LogP contribution in [0.15, 0.2) is 65.6 Å². The molecule has 0 fully saturated rings. The van der Waals surface area contributed by atoms with Gasteiger partial charge >= 0.3 is 0 Å². The van der Waals surface area contributed by atoms with Crippen molar-refractivity contribution in [2.45, 2.75) is 18.2 Å². The van der Waals surface area contributed by atoms with E-state index in [2.05, 4.69) is 4.72 Å². The predicted molar refractivity (Wildman–Crippen MR) is 90.7 cm³/mol. The fourth-order valence-corrected chi connectivity index (χ4v) is 3.11. The van der Waals surface area contributed by atoms with Gasteiger partial charge in [0.1, 0.15) is 0 Å². The summed E-state index contributed by atoms with van der Waals surface area (Å²) in [5.74, 6) is 0. The van der Waals surface area contributed by atoms with E-state index in [1.54, 1.807) is 30.3 Å². The minimum absolute atomic E-state index is 0.251. The van der Waals surface area contributed by atoms with Crippen LogP contribution in [0.1, 0.15) is 11.1 Å². The van der Waals surface area contributed by atoms with Gasteiger partial charge < -0.3 is 0 Å². The summed E-state index contributed by atoms with van der Waals surface area (Å²) in [6.07, 6.45) is 4.36. The normalized spacial score (nSPS) is 11.9. The Bertz CT molecular complexity index is 752. The Kier molecular flexibility index (Phi) is 5.77. The van der Waals surface area contributed by atoms with Crippen molar-refractivity contribution >= 4 is 21.6 Å². The van der Waals surface area contributed by atoms with Crippen LogP contribution in [0.5, 0.6) is 0 Å². The molecule has 1 N–H and O–H groups in total. The quantitative estimate of drug-likeness (QED) is 0.818. The minimum atomic E-state index is -3.46. The molecule has 0 unspecified atom stereocenters. The van der Waals surface area contributed by atoms with E-state index in [0.717, 1.165) is 11.1 Å². The van der Waals surface area contributed by atoms with E-state index in [1.807, 2.05) is 37.3 Å². The van der Waals surface area contributed by atoms with Crippen LogP contribution in [0.3, 0.4) is 0 Å². The van der Waals surface area contributed by atoms with Gasteiger partial charge in [0.05, 0.1) is 4.90 Å². The molecule has 0 heterocycles. The highest BCUT2D eigenvalue weighted by molar-refractivity contribution is 7.89. The van der Waals surface area contributed by atoms with Crippen LogP contribution in [-0.2, 0) is 16.4 Å². The van der Waals surface area contributed by atoms with Crippen molar-refractivity contribution in [2.75, 3.05) is 6.54 Å². The van der Waals surface area contributed by atoms with Gasteiger partial charge in [0.2, 0.25) is 10.0 Å². The summed E-state index contributed by atoms with van der Waals surface area (Å²) in [5, 5.41) is 0.715. The maximum Gasteiger partial charge on any atom is 0.240 e. The highest BCUT2D eigenvalue weighted by Crippen LogP contribution is 2.15. The lowest BCUT2D eigenvalue weighted by Gasteiger charge is -2.05. The lowest BCUT2D eigenvalue weighted by atomic mass is 10.1. The second-order valence-corrected chi connectivity index (χ2v) is 7.11. The molecule has 22 heavy (non-hydrogen) atoms. The lowest BCUT2D eigenvalue weighted by molar-refractivity contribution is 0.585. The first-order chi connectivity index (χ1) is 10.5. The molecule has 3 nitrogen and oxygen atoms in total. The minimum Gasteiger partial charge on any atom is -0.207 e. The fraction of sp³-hybridized carbons (Fsp3) is 0.176. The highest BCUT2D eigenvalue weighted by Gasteiger charge is 2.11. The molecule has 0 radical (unpaired) electrons. The molecule has 0 atom stereocenters. The Balaban J connectivity index is 1.89. The maximum atomic E-state index is 12.1. The molecule has 0 saturated carbocycles. The van der Waals surface area contributed by atoms with Gasteiger partial charge in [-0.2, -0.15) is 0 Å². The Morgan fingerprint density at radius 3 is 2.41 bits per heavy atom. The van der Waals surface area contributed by atoms with Crippen LogP contribution >= 0.6 is 11.6 Å². The van der Waals surface area contributed by atoms with E-state index in [0.29, 0.717) is 11.4 Å². The molecule has 0 bridgehead atoms. The van der Waals surface area contributed by atoms with E-state index >= 15 is 0 Å². The van der Waals surface area contributed by atoms with E-state index in [9.17, 15) is 8.42 Å². The Morgan fingerprint density at radius 2 is 1.73 bits per heavy atom. The van der Waals surface area contributed by atoms with E-state index in [-0.39, 0.29) is 11.4 Å². The molecule has 2 aromatic rings. The molecule has 0 aromatic heterocycles. The second kappa shape index (κ2) is 7.58. The zero-order valence-electron chi connectivity index (χ0n) is 12.3. The third kappa shape index (κ3) is 4.70. The van der Waals surface area contributed by atoms with Gasteiger partial charge in [0.25, 0.3) is 0 Å². The van der Waals surface area contributed by atoms with Gasteiger partial charge in [-0.1, -0.05) is 59.6 Å². The van der Waals surface area contributed by atoms with Crippen molar-refractivity contribution in [2.24, 2.45) is 0 Å². The number of halogens is 1. The van der Waals surface area contributed by atoms with E-state index < -0.39 is 10.0 Å². The number of sulfonamides is 1. The smallest absolute Gasteiger partial charge is 0.207 e. The number of hydrogen-bond acceptors (Lipinski definition) is 2. The molecule has 5 heteroatoms. The van der Waals surface area contributed by atoms with Crippen molar-refractivity contribution in [3.63, 3.8) is 0 Å². The first-order valence-corrected chi connectivity index (χ1v) is 8.80. The van der Waals surface area contributed by atoms with Crippen molar-refractivity contribution in [1.29, 1.82) is 0 Å². The molecule has 0 saturated heterocycles. The zero-order chi connectivity index (χ0) is 16.0. The highest BCUT2D eigenvalue weighted by atomic mass is 35.5. The first-order valence-electron chi connectivity index (χ1n) is 6.94. The summed E-state index contributed by atoms with van der Waals surface area (Å²) >= 11 is 6.06. The Labute approximate surface area is 136 Å². The third-order valence-electron chi connectivity index (χ3n) is 3.18. The summed E-state index contributed by atoms with van der Waals surface area (Å²) in [4.78, 5) is 0.276. The summed E-state index contributed by atoms with van der Waals surface area (Å²) in [7, 11) is -3.46. The average molecular weight is 336 g/mol. The van der Waals surface area contributed by atoms with Crippen molar-refractivity contribution in [3.05, 3.63) is 76.8 Å². The summed E-state index contributed by atoms with van der Waals surface area (Å²) in [6.45, 7) is 2.17. The summed E-state index contributed by atoms with van der Waals surface area (Å²) in [5.41, 5.74) is 2.04. The SMILES string of the molecule is Cc1ccc(S(=O)(=O)NC/C=C\Cc2ccccc2Cl)cc1. The Hall–Kier alpha value is -1.62. The number of hydrogen-bond donors (Lipinski definition) is 1. The molecule has 0 aliphatic heterocycles.